The fraction of sp³-hybridized carbons (Fsp3) is 0.208. The molecule has 0 spiro atoms. The van der Waals surface area contributed by atoms with Gasteiger partial charge in [-0.25, -0.2) is 0 Å². The quantitative estimate of drug-likeness (QED) is 0.318. The number of thiophene rings is 1. The van der Waals surface area contributed by atoms with E-state index in [1.54, 1.807) is 24.8 Å². The number of hydrogen-bond donors (Lipinski definition) is 0. The zero-order chi connectivity index (χ0) is 22.2. The van der Waals surface area contributed by atoms with Gasteiger partial charge in [-0.3, -0.25) is 9.36 Å². The molecule has 2 aromatic carbocycles. The summed E-state index contributed by atoms with van der Waals surface area (Å²) in [6.07, 6.45) is 2.48. The molecule has 2 aromatic heterocycles. The van der Waals surface area contributed by atoms with E-state index >= 15 is 0 Å². The van der Waals surface area contributed by atoms with Crippen molar-refractivity contribution in [3.63, 3.8) is 0 Å². The number of amides is 1. The van der Waals surface area contributed by atoms with Gasteiger partial charge in [0.05, 0.1) is 19.4 Å². The Balaban J connectivity index is 1.42. The van der Waals surface area contributed by atoms with Crippen LogP contribution in [0.4, 0.5) is 0 Å². The smallest absolute Gasteiger partial charge is 0.233 e. The van der Waals surface area contributed by atoms with Crippen LogP contribution in [-0.4, -0.2) is 45.0 Å². The van der Waals surface area contributed by atoms with Gasteiger partial charge in [0.15, 0.2) is 5.16 Å². The number of thioether (sulfide) groups is 1. The summed E-state index contributed by atoms with van der Waals surface area (Å²) >= 11 is 3.07. The highest BCUT2D eigenvalue weighted by molar-refractivity contribution is 7.99. The number of carbonyl (C=O) groups excluding carboxylic acids is 1. The van der Waals surface area contributed by atoms with Crippen molar-refractivity contribution < 1.29 is 9.53 Å². The maximum absolute atomic E-state index is 13.2. The third kappa shape index (κ3) is 5.77. The normalized spacial score (nSPS) is 10.8. The molecule has 4 rings (SSSR count). The molecule has 6 nitrogen and oxygen atoms in total. The summed E-state index contributed by atoms with van der Waals surface area (Å²) in [5.41, 5.74) is 2.15. The van der Waals surface area contributed by atoms with E-state index in [2.05, 4.69) is 28.4 Å². The van der Waals surface area contributed by atoms with Gasteiger partial charge in [0.25, 0.3) is 0 Å². The van der Waals surface area contributed by atoms with Crippen LogP contribution in [0.1, 0.15) is 10.4 Å². The van der Waals surface area contributed by atoms with Gasteiger partial charge >= 0.3 is 0 Å². The molecule has 0 radical (unpaired) electrons. The highest BCUT2D eigenvalue weighted by Crippen LogP contribution is 2.22. The molecule has 0 aliphatic heterocycles. The van der Waals surface area contributed by atoms with E-state index in [4.69, 9.17) is 4.74 Å². The van der Waals surface area contributed by atoms with E-state index in [1.165, 1.54) is 22.2 Å². The van der Waals surface area contributed by atoms with E-state index in [9.17, 15) is 4.79 Å². The maximum Gasteiger partial charge on any atom is 0.233 e. The number of methoxy groups -OCH3 is 1. The number of hydrogen-bond acceptors (Lipinski definition) is 6. The SMILES string of the molecule is COc1ccc(-n2cnnc2SCC(=O)N(CCc2ccccc2)Cc2cccs2)cc1. The molecule has 0 bridgehead atoms. The molecular formula is C24H24N4O2S2. The fourth-order valence-corrected chi connectivity index (χ4v) is 4.80. The summed E-state index contributed by atoms with van der Waals surface area (Å²) in [7, 11) is 1.64. The number of benzene rings is 2. The first-order valence-electron chi connectivity index (χ1n) is 10.2. The Bertz CT molecular complexity index is 1110. The first-order valence-corrected chi connectivity index (χ1v) is 12.1. The van der Waals surface area contributed by atoms with Crippen molar-refractivity contribution in [1.29, 1.82) is 0 Å². The summed E-state index contributed by atoms with van der Waals surface area (Å²) in [5.74, 6) is 1.17. The minimum absolute atomic E-state index is 0.0867. The van der Waals surface area contributed by atoms with Crippen molar-refractivity contribution in [1.82, 2.24) is 19.7 Å². The Morgan fingerprint density at radius 3 is 2.62 bits per heavy atom. The van der Waals surface area contributed by atoms with Crippen molar-refractivity contribution in [2.75, 3.05) is 19.4 Å². The molecule has 0 fully saturated rings. The first-order chi connectivity index (χ1) is 15.7. The van der Waals surface area contributed by atoms with Crippen molar-refractivity contribution in [3.05, 3.63) is 88.9 Å². The summed E-state index contributed by atoms with van der Waals surface area (Å²) in [6, 6.07) is 22.0. The molecule has 2 heterocycles. The van der Waals surface area contributed by atoms with E-state index in [0.29, 0.717) is 24.0 Å². The molecule has 8 heteroatoms. The summed E-state index contributed by atoms with van der Waals surface area (Å²) in [6.45, 7) is 1.29. The Morgan fingerprint density at radius 2 is 1.91 bits per heavy atom. The Morgan fingerprint density at radius 1 is 1.09 bits per heavy atom. The summed E-state index contributed by atoms with van der Waals surface area (Å²) in [4.78, 5) is 16.3. The topological polar surface area (TPSA) is 60.2 Å². The van der Waals surface area contributed by atoms with Gasteiger partial charge in [-0.15, -0.1) is 21.5 Å². The van der Waals surface area contributed by atoms with Crippen LogP contribution in [-0.2, 0) is 17.8 Å². The molecule has 0 aliphatic rings. The fourth-order valence-electron chi connectivity index (χ4n) is 3.25. The highest BCUT2D eigenvalue weighted by Gasteiger charge is 2.17. The molecule has 0 unspecified atom stereocenters. The van der Waals surface area contributed by atoms with E-state index in [-0.39, 0.29) is 5.91 Å². The molecule has 0 saturated heterocycles. The second-order valence-corrected chi connectivity index (χ2v) is 9.08. The number of ether oxygens (including phenoxy) is 1. The molecular weight excluding hydrogens is 440 g/mol. The molecule has 0 saturated carbocycles. The standard InChI is InChI=1S/C24H24N4O2S2/c1-30-21-11-9-20(10-12-21)28-18-25-26-24(28)32-17-23(29)27(16-22-8-5-15-31-22)14-13-19-6-3-2-4-7-19/h2-12,15,18H,13-14,16-17H2,1H3. The average molecular weight is 465 g/mol. The lowest BCUT2D eigenvalue weighted by Crippen LogP contribution is -2.33. The van der Waals surface area contributed by atoms with Crippen molar-refractivity contribution >= 4 is 29.0 Å². The lowest BCUT2D eigenvalue weighted by Gasteiger charge is -2.22. The van der Waals surface area contributed by atoms with Crippen LogP contribution in [0.2, 0.25) is 0 Å². The van der Waals surface area contributed by atoms with Crippen molar-refractivity contribution in [2.45, 2.75) is 18.1 Å². The molecule has 164 valence electrons. The molecule has 32 heavy (non-hydrogen) atoms. The third-order valence-electron chi connectivity index (χ3n) is 4.98. The van der Waals surface area contributed by atoms with Gasteiger partial charge in [-0.1, -0.05) is 48.2 Å². The van der Waals surface area contributed by atoms with Crippen molar-refractivity contribution in [3.8, 4) is 11.4 Å². The summed E-state index contributed by atoms with van der Waals surface area (Å²) in [5, 5.41) is 11.0. The maximum atomic E-state index is 13.2. The third-order valence-corrected chi connectivity index (χ3v) is 6.77. The van der Waals surface area contributed by atoms with Crippen LogP contribution < -0.4 is 4.74 Å². The van der Waals surface area contributed by atoms with Gasteiger partial charge < -0.3 is 9.64 Å². The lowest BCUT2D eigenvalue weighted by atomic mass is 10.1. The largest absolute Gasteiger partial charge is 0.497 e. The number of carbonyl (C=O) groups is 1. The molecule has 0 aliphatic carbocycles. The minimum atomic E-state index is 0.0867. The van der Waals surface area contributed by atoms with Crippen LogP contribution >= 0.6 is 23.1 Å². The van der Waals surface area contributed by atoms with E-state index in [1.807, 2.05) is 63.4 Å². The zero-order valence-electron chi connectivity index (χ0n) is 17.8. The predicted molar refractivity (Wildman–Crippen MR) is 129 cm³/mol. The van der Waals surface area contributed by atoms with Gasteiger partial charge in [0.2, 0.25) is 5.91 Å². The van der Waals surface area contributed by atoms with Crippen LogP contribution in [0.3, 0.4) is 0 Å². The van der Waals surface area contributed by atoms with Crippen LogP contribution in [0, 0.1) is 0 Å². The van der Waals surface area contributed by atoms with E-state index in [0.717, 1.165) is 17.9 Å². The zero-order valence-corrected chi connectivity index (χ0v) is 19.4. The van der Waals surface area contributed by atoms with Crippen molar-refractivity contribution in [2.24, 2.45) is 0 Å². The number of aromatic nitrogens is 3. The van der Waals surface area contributed by atoms with Crippen LogP contribution in [0.15, 0.2) is 83.6 Å². The molecule has 1 amide bonds. The van der Waals surface area contributed by atoms with E-state index < -0.39 is 0 Å². The van der Waals surface area contributed by atoms with Gasteiger partial charge in [0, 0.05) is 17.1 Å². The Kier molecular flexibility index (Phi) is 7.58. The van der Waals surface area contributed by atoms with Crippen LogP contribution in [0.25, 0.3) is 5.69 Å². The van der Waals surface area contributed by atoms with Crippen LogP contribution in [0.5, 0.6) is 5.75 Å². The Hall–Kier alpha value is -3.10. The minimum Gasteiger partial charge on any atom is -0.497 e. The number of nitrogens with zero attached hydrogens (tertiary/aromatic N) is 4. The van der Waals surface area contributed by atoms with Gasteiger partial charge in [-0.2, -0.15) is 0 Å². The summed E-state index contributed by atoms with van der Waals surface area (Å²) < 4.78 is 7.10. The molecule has 0 N–H and O–H groups in total. The average Bonchev–Trinajstić information content (AvgIpc) is 3.53. The first kappa shape index (κ1) is 22.1. The molecule has 0 atom stereocenters. The monoisotopic (exact) mass is 464 g/mol. The highest BCUT2D eigenvalue weighted by atomic mass is 32.2. The van der Waals surface area contributed by atoms with Gasteiger partial charge in [0.1, 0.15) is 12.1 Å². The van der Waals surface area contributed by atoms with Gasteiger partial charge in [-0.05, 0) is 47.7 Å². The second-order valence-electron chi connectivity index (χ2n) is 7.10. The predicted octanol–water partition coefficient (Wildman–Crippen LogP) is 4.70. The Labute approximate surface area is 195 Å². The second kappa shape index (κ2) is 11.0. The molecule has 4 aromatic rings. The number of rotatable bonds is 10. The lowest BCUT2D eigenvalue weighted by molar-refractivity contribution is -0.128.